The molecule has 0 spiro atoms. The smallest absolute Gasteiger partial charge is 0.239 e. The molecular weight excluding hydrogens is 242 g/mol. The number of aromatic nitrogens is 2. The standard InChI is InChI=1S/C13H21N5O/c1-4-5-10-16-12(14-3)9(2)13(17-10)18-7-6-15-11(19)8-18/h4-8H2,1-3H3,(H,15,19)(H,14,16,17). The van der Waals surface area contributed by atoms with Gasteiger partial charge in [0.25, 0.3) is 0 Å². The van der Waals surface area contributed by atoms with Crippen LogP contribution >= 0.6 is 0 Å². The summed E-state index contributed by atoms with van der Waals surface area (Å²) in [6.45, 7) is 5.92. The Labute approximate surface area is 113 Å². The molecular formula is C13H21N5O. The summed E-state index contributed by atoms with van der Waals surface area (Å²) >= 11 is 0. The van der Waals surface area contributed by atoms with E-state index in [1.165, 1.54) is 0 Å². The highest BCUT2D eigenvalue weighted by atomic mass is 16.2. The van der Waals surface area contributed by atoms with Crippen LogP contribution < -0.4 is 15.5 Å². The average molecular weight is 263 g/mol. The van der Waals surface area contributed by atoms with E-state index in [9.17, 15) is 4.79 Å². The molecule has 0 radical (unpaired) electrons. The second-order valence-electron chi connectivity index (χ2n) is 4.71. The van der Waals surface area contributed by atoms with Gasteiger partial charge in [-0.1, -0.05) is 6.92 Å². The van der Waals surface area contributed by atoms with Crippen LogP contribution in [0, 0.1) is 6.92 Å². The zero-order valence-corrected chi connectivity index (χ0v) is 11.8. The molecule has 104 valence electrons. The number of nitrogens with one attached hydrogen (secondary N) is 2. The molecule has 1 aromatic heterocycles. The summed E-state index contributed by atoms with van der Waals surface area (Å²) in [5, 5.41) is 5.94. The Bertz CT molecular complexity index is 474. The number of aryl methyl sites for hydroxylation is 1. The number of carbonyl (C=O) groups is 1. The Balaban J connectivity index is 2.36. The zero-order valence-electron chi connectivity index (χ0n) is 11.8. The fraction of sp³-hybridized carbons (Fsp3) is 0.615. The van der Waals surface area contributed by atoms with Crippen molar-refractivity contribution in [1.82, 2.24) is 15.3 Å². The number of anilines is 2. The summed E-state index contributed by atoms with van der Waals surface area (Å²) in [6.07, 6.45) is 1.86. The molecule has 0 aliphatic carbocycles. The summed E-state index contributed by atoms with van der Waals surface area (Å²) in [5.41, 5.74) is 0.997. The predicted octanol–water partition coefficient (Wildman–Crippen LogP) is 0.715. The number of nitrogens with zero attached hydrogens (tertiary/aromatic N) is 3. The highest BCUT2D eigenvalue weighted by Gasteiger charge is 2.21. The van der Waals surface area contributed by atoms with Crippen LogP contribution in [-0.4, -0.2) is 42.6 Å². The molecule has 2 rings (SSSR count). The molecule has 1 aliphatic rings. The largest absolute Gasteiger partial charge is 0.373 e. The summed E-state index contributed by atoms with van der Waals surface area (Å²) in [4.78, 5) is 22.7. The predicted molar refractivity (Wildman–Crippen MR) is 75.5 cm³/mol. The van der Waals surface area contributed by atoms with Gasteiger partial charge in [-0.3, -0.25) is 4.79 Å². The van der Waals surface area contributed by atoms with Gasteiger partial charge in [-0.05, 0) is 13.3 Å². The van der Waals surface area contributed by atoms with Crippen LogP contribution in [0.15, 0.2) is 0 Å². The molecule has 1 amide bonds. The van der Waals surface area contributed by atoms with Gasteiger partial charge in [-0.15, -0.1) is 0 Å². The van der Waals surface area contributed by atoms with E-state index in [2.05, 4.69) is 27.5 Å². The first kappa shape index (κ1) is 13.6. The maximum Gasteiger partial charge on any atom is 0.239 e. The molecule has 0 aromatic carbocycles. The van der Waals surface area contributed by atoms with Crippen molar-refractivity contribution in [1.29, 1.82) is 0 Å². The van der Waals surface area contributed by atoms with E-state index >= 15 is 0 Å². The minimum Gasteiger partial charge on any atom is -0.373 e. The molecule has 2 N–H and O–H groups in total. The number of hydrogen-bond acceptors (Lipinski definition) is 5. The summed E-state index contributed by atoms with van der Waals surface area (Å²) in [5.74, 6) is 2.60. The molecule has 1 fully saturated rings. The third kappa shape index (κ3) is 2.94. The van der Waals surface area contributed by atoms with Gasteiger partial charge in [-0.2, -0.15) is 0 Å². The van der Waals surface area contributed by atoms with Crippen molar-refractivity contribution in [2.45, 2.75) is 26.7 Å². The molecule has 2 heterocycles. The van der Waals surface area contributed by atoms with Crippen LogP contribution in [0.1, 0.15) is 24.7 Å². The minimum absolute atomic E-state index is 0.0484. The lowest BCUT2D eigenvalue weighted by Crippen LogP contribution is -2.48. The Kier molecular flexibility index (Phi) is 4.19. The summed E-state index contributed by atoms with van der Waals surface area (Å²) in [7, 11) is 1.86. The lowest BCUT2D eigenvalue weighted by molar-refractivity contribution is -0.120. The zero-order chi connectivity index (χ0) is 13.8. The minimum atomic E-state index is 0.0484. The number of piperazine rings is 1. The van der Waals surface area contributed by atoms with E-state index in [-0.39, 0.29) is 5.91 Å². The number of amides is 1. The Hall–Kier alpha value is -1.85. The third-order valence-electron chi connectivity index (χ3n) is 3.21. The van der Waals surface area contributed by atoms with Gasteiger partial charge >= 0.3 is 0 Å². The second-order valence-corrected chi connectivity index (χ2v) is 4.71. The quantitative estimate of drug-likeness (QED) is 0.837. The summed E-state index contributed by atoms with van der Waals surface area (Å²) < 4.78 is 0. The SMILES string of the molecule is CCCc1nc(NC)c(C)c(N2CCNC(=O)C2)n1. The normalized spacial score (nSPS) is 15.3. The van der Waals surface area contributed by atoms with Crippen molar-refractivity contribution in [3.8, 4) is 0 Å². The fourth-order valence-electron chi connectivity index (χ4n) is 2.26. The van der Waals surface area contributed by atoms with Gasteiger partial charge < -0.3 is 15.5 Å². The van der Waals surface area contributed by atoms with Crippen LogP contribution in [0.25, 0.3) is 0 Å². The van der Waals surface area contributed by atoms with Crippen LogP contribution in [0.2, 0.25) is 0 Å². The molecule has 0 atom stereocenters. The lowest BCUT2D eigenvalue weighted by atomic mass is 10.2. The first-order valence-electron chi connectivity index (χ1n) is 6.72. The van der Waals surface area contributed by atoms with E-state index in [1.807, 2.05) is 18.9 Å². The van der Waals surface area contributed by atoms with E-state index in [1.54, 1.807) is 0 Å². The van der Waals surface area contributed by atoms with Crippen molar-refractivity contribution < 1.29 is 4.79 Å². The van der Waals surface area contributed by atoms with Crippen molar-refractivity contribution in [2.24, 2.45) is 0 Å². The average Bonchev–Trinajstić information content (AvgIpc) is 2.41. The lowest BCUT2D eigenvalue weighted by Gasteiger charge is -2.29. The van der Waals surface area contributed by atoms with Crippen molar-refractivity contribution >= 4 is 17.5 Å². The van der Waals surface area contributed by atoms with Gasteiger partial charge in [0, 0.05) is 32.1 Å². The molecule has 0 saturated carbocycles. The van der Waals surface area contributed by atoms with Crippen LogP contribution in [0.4, 0.5) is 11.6 Å². The number of carbonyl (C=O) groups excluding carboxylic acids is 1. The first-order chi connectivity index (χ1) is 9.15. The van der Waals surface area contributed by atoms with Gasteiger partial charge in [0.15, 0.2) is 0 Å². The van der Waals surface area contributed by atoms with Crippen molar-refractivity contribution in [3.63, 3.8) is 0 Å². The third-order valence-corrected chi connectivity index (χ3v) is 3.21. The Morgan fingerprint density at radius 1 is 1.42 bits per heavy atom. The molecule has 1 saturated heterocycles. The van der Waals surface area contributed by atoms with E-state index in [4.69, 9.17) is 0 Å². The fourth-order valence-corrected chi connectivity index (χ4v) is 2.26. The van der Waals surface area contributed by atoms with E-state index < -0.39 is 0 Å². The topological polar surface area (TPSA) is 70.2 Å². The van der Waals surface area contributed by atoms with Crippen LogP contribution in [0.3, 0.4) is 0 Å². The highest BCUT2D eigenvalue weighted by Crippen LogP contribution is 2.24. The Morgan fingerprint density at radius 2 is 2.21 bits per heavy atom. The number of hydrogen-bond donors (Lipinski definition) is 2. The first-order valence-corrected chi connectivity index (χ1v) is 6.72. The van der Waals surface area contributed by atoms with Crippen LogP contribution in [-0.2, 0) is 11.2 Å². The van der Waals surface area contributed by atoms with E-state index in [0.29, 0.717) is 13.1 Å². The molecule has 6 heteroatoms. The molecule has 19 heavy (non-hydrogen) atoms. The van der Waals surface area contributed by atoms with Crippen LogP contribution in [0.5, 0.6) is 0 Å². The molecule has 0 unspecified atom stereocenters. The molecule has 0 bridgehead atoms. The van der Waals surface area contributed by atoms with Gasteiger partial charge in [0.2, 0.25) is 5.91 Å². The second kappa shape index (κ2) is 5.86. The molecule has 1 aromatic rings. The van der Waals surface area contributed by atoms with Crippen molar-refractivity contribution in [3.05, 3.63) is 11.4 Å². The van der Waals surface area contributed by atoms with Gasteiger partial charge in [0.1, 0.15) is 17.5 Å². The van der Waals surface area contributed by atoms with Gasteiger partial charge in [-0.25, -0.2) is 9.97 Å². The molecule has 6 nitrogen and oxygen atoms in total. The number of rotatable bonds is 4. The summed E-state index contributed by atoms with van der Waals surface area (Å²) in [6, 6.07) is 0. The molecule has 1 aliphatic heterocycles. The highest BCUT2D eigenvalue weighted by molar-refractivity contribution is 5.82. The maximum absolute atomic E-state index is 11.5. The monoisotopic (exact) mass is 263 g/mol. The van der Waals surface area contributed by atoms with Crippen molar-refractivity contribution in [2.75, 3.05) is 36.9 Å². The van der Waals surface area contributed by atoms with E-state index in [0.717, 1.165) is 42.4 Å². The maximum atomic E-state index is 11.5. The Morgan fingerprint density at radius 3 is 2.84 bits per heavy atom. The van der Waals surface area contributed by atoms with Gasteiger partial charge in [0.05, 0.1) is 6.54 Å².